The molecule has 0 radical (unpaired) electrons. The monoisotopic (exact) mass is 374 g/mol. The fraction of sp³-hybridized carbons (Fsp3) is 0.455. The van der Waals surface area contributed by atoms with Gasteiger partial charge in [0.2, 0.25) is 0 Å². The molecule has 1 aromatic carbocycles. The van der Waals surface area contributed by atoms with Crippen LogP contribution in [0.4, 0.5) is 0 Å². The standard InChI is InChI=1S/C11H13BrCl2O3S/c1-3-8(4-2)17-11-9(13)5-7(12)6-10(11)18(14,15)16/h5-6,8H,3-4H2,1-2H3. The fourth-order valence-corrected chi connectivity index (χ4v) is 3.51. The first kappa shape index (κ1) is 16.1. The summed E-state index contributed by atoms with van der Waals surface area (Å²) in [6.07, 6.45) is 1.41. The van der Waals surface area contributed by atoms with Gasteiger partial charge in [-0.05, 0) is 25.0 Å². The summed E-state index contributed by atoms with van der Waals surface area (Å²) in [4.78, 5) is -0.115. The number of halogens is 3. The summed E-state index contributed by atoms with van der Waals surface area (Å²) in [5, 5.41) is 0.218. The first-order valence-electron chi connectivity index (χ1n) is 5.39. The highest BCUT2D eigenvalue weighted by atomic mass is 79.9. The summed E-state index contributed by atoms with van der Waals surface area (Å²) in [7, 11) is 1.48. The first-order chi connectivity index (χ1) is 8.29. The molecule has 0 saturated heterocycles. The van der Waals surface area contributed by atoms with Gasteiger partial charge in [0.05, 0.1) is 11.1 Å². The lowest BCUT2D eigenvalue weighted by molar-refractivity contribution is 0.188. The molecule has 0 heterocycles. The Bertz CT molecular complexity index is 527. The largest absolute Gasteiger partial charge is 0.487 e. The van der Waals surface area contributed by atoms with E-state index in [1.165, 1.54) is 6.07 Å². The van der Waals surface area contributed by atoms with Crippen LogP contribution in [-0.4, -0.2) is 14.5 Å². The Morgan fingerprint density at radius 3 is 2.33 bits per heavy atom. The van der Waals surface area contributed by atoms with Crippen LogP contribution in [0.25, 0.3) is 0 Å². The Morgan fingerprint density at radius 1 is 1.33 bits per heavy atom. The Labute approximate surface area is 125 Å². The minimum absolute atomic E-state index is 0.0964. The van der Waals surface area contributed by atoms with Gasteiger partial charge in [0.25, 0.3) is 9.05 Å². The summed E-state index contributed by atoms with van der Waals surface area (Å²) in [5.41, 5.74) is 0. The molecule has 1 aromatic rings. The molecule has 0 saturated carbocycles. The van der Waals surface area contributed by atoms with Crippen molar-refractivity contribution in [3.63, 3.8) is 0 Å². The molecular weight excluding hydrogens is 363 g/mol. The van der Waals surface area contributed by atoms with Crippen molar-refractivity contribution in [3.05, 3.63) is 21.6 Å². The van der Waals surface area contributed by atoms with Crippen molar-refractivity contribution in [2.24, 2.45) is 0 Å². The van der Waals surface area contributed by atoms with Gasteiger partial charge in [0.1, 0.15) is 4.90 Å². The van der Waals surface area contributed by atoms with Gasteiger partial charge in [-0.3, -0.25) is 0 Å². The summed E-state index contributed by atoms with van der Waals surface area (Å²) < 4.78 is 29.2. The number of hydrogen-bond acceptors (Lipinski definition) is 3. The van der Waals surface area contributed by atoms with Gasteiger partial charge in [-0.1, -0.05) is 41.4 Å². The number of hydrogen-bond donors (Lipinski definition) is 0. The minimum Gasteiger partial charge on any atom is -0.487 e. The van der Waals surface area contributed by atoms with Crippen molar-refractivity contribution >= 4 is 47.3 Å². The Morgan fingerprint density at radius 2 is 1.89 bits per heavy atom. The highest BCUT2D eigenvalue weighted by molar-refractivity contribution is 9.10. The van der Waals surface area contributed by atoms with E-state index in [0.717, 1.165) is 12.8 Å². The van der Waals surface area contributed by atoms with E-state index < -0.39 is 9.05 Å². The molecule has 0 amide bonds. The average molecular weight is 376 g/mol. The average Bonchev–Trinajstić information content (AvgIpc) is 2.26. The van der Waals surface area contributed by atoms with Gasteiger partial charge in [-0.15, -0.1) is 0 Å². The molecule has 0 fully saturated rings. The molecule has 0 N–H and O–H groups in total. The van der Waals surface area contributed by atoms with E-state index in [2.05, 4.69) is 15.9 Å². The smallest absolute Gasteiger partial charge is 0.265 e. The third-order valence-electron chi connectivity index (χ3n) is 2.43. The third-order valence-corrected chi connectivity index (χ3v) is 4.50. The molecule has 1 rings (SSSR count). The second-order valence-corrected chi connectivity index (χ2v) is 7.57. The molecule has 7 heteroatoms. The van der Waals surface area contributed by atoms with Crippen LogP contribution >= 0.6 is 38.2 Å². The van der Waals surface area contributed by atoms with Gasteiger partial charge in [-0.25, -0.2) is 8.42 Å². The van der Waals surface area contributed by atoms with Crippen LogP contribution < -0.4 is 4.74 Å². The number of ether oxygens (including phenoxy) is 1. The number of benzene rings is 1. The lowest BCUT2D eigenvalue weighted by Gasteiger charge is -2.18. The molecule has 0 aliphatic carbocycles. The van der Waals surface area contributed by atoms with Gasteiger partial charge < -0.3 is 4.74 Å². The lowest BCUT2D eigenvalue weighted by Crippen LogP contribution is -2.15. The fourth-order valence-electron chi connectivity index (χ4n) is 1.45. The molecule has 102 valence electrons. The second kappa shape index (κ2) is 6.46. The summed E-state index contributed by atoms with van der Waals surface area (Å²) in [5.74, 6) is 0.114. The van der Waals surface area contributed by atoms with Gasteiger partial charge in [0.15, 0.2) is 5.75 Å². The van der Waals surface area contributed by atoms with Crippen LogP contribution in [0, 0.1) is 0 Å². The van der Waals surface area contributed by atoms with E-state index in [1.54, 1.807) is 6.07 Å². The van der Waals surface area contributed by atoms with Gasteiger partial charge in [-0.2, -0.15) is 0 Å². The van der Waals surface area contributed by atoms with Crippen molar-refractivity contribution in [2.75, 3.05) is 0 Å². The van der Waals surface area contributed by atoms with Gasteiger partial charge in [0, 0.05) is 15.2 Å². The van der Waals surface area contributed by atoms with Crippen LogP contribution in [0.5, 0.6) is 5.75 Å². The van der Waals surface area contributed by atoms with Crippen LogP contribution in [0.3, 0.4) is 0 Å². The van der Waals surface area contributed by atoms with E-state index in [-0.39, 0.29) is 21.8 Å². The molecule has 0 spiro atoms. The predicted molar refractivity (Wildman–Crippen MR) is 77.2 cm³/mol. The molecular formula is C11H13BrCl2O3S. The lowest BCUT2D eigenvalue weighted by atomic mass is 10.2. The Balaban J connectivity index is 3.33. The molecule has 0 aliphatic rings. The zero-order valence-electron chi connectivity index (χ0n) is 9.91. The minimum atomic E-state index is -3.91. The van der Waals surface area contributed by atoms with E-state index in [4.69, 9.17) is 27.0 Å². The predicted octanol–water partition coefficient (Wildman–Crippen LogP) is 4.60. The zero-order valence-corrected chi connectivity index (χ0v) is 13.8. The number of rotatable bonds is 5. The normalized spacial score (nSPS) is 11.9. The molecule has 0 aromatic heterocycles. The van der Waals surface area contributed by atoms with Crippen molar-refractivity contribution in [3.8, 4) is 5.75 Å². The zero-order chi connectivity index (χ0) is 13.9. The van der Waals surface area contributed by atoms with Crippen LogP contribution in [0.2, 0.25) is 5.02 Å². The quantitative estimate of drug-likeness (QED) is 0.706. The SMILES string of the molecule is CCC(CC)Oc1c(Cl)cc(Br)cc1S(=O)(=O)Cl. The summed E-state index contributed by atoms with van der Waals surface area (Å²) >= 11 is 9.20. The second-order valence-electron chi connectivity index (χ2n) is 3.71. The van der Waals surface area contributed by atoms with E-state index in [9.17, 15) is 8.42 Å². The molecule has 3 nitrogen and oxygen atoms in total. The maximum absolute atomic E-state index is 11.5. The topological polar surface area (TPSA) is 43.4 Å². The van der Waals surface area contributed by atoms with Gasteiger partial charge >= 0.3 is 0 Å². The summed E-state index contributed by atoms with van der Waals surface area (Å²) in [6, 6.07) is 2.96. The molecule has 0 bridgehead atoms. The summed E-state index contributed by atoms with van der Waals surface area (Å²) in [6.45, 7) is 3.91. The molecule has 0 atom stereocenters. The van der Waals surface area contributed by atoms with E-state index in [1.807, 2.05) is 13.8 Å². The van der Waals surface area contributed by atoms with Crippen molar-refractivity contribution in [1.29, 1.82) is 0 Å². The van der Waals surface area contributed by atoms with E-state index >= 15 is 0 Å². The maximum atomic E-state index is 11.5. The van der Waals surface area contributed by atoms with Crippen molar-refractivity contribution in [1.82, 2.24) is 0 Å². The van der Waals surface area contributed by atoms with E-state index in [0.29, 0.717) is 4.47 Å². The molecule has 0 unspecified atom stereocenters. The molecule has 18 heavy (non-hydrogen) atoms. The maximum Gasteiger partial charge on any atom is 0.265 e. The first-order valence-corrected chi connectivity index (χ1v) is 8.88. The van der Waals surface area contributed by atoms with Crippen LogP contribution in [0.1, 0.15) is 26.7 Å². The van der Waals surface area contributed by atoms with Crippen LogP contribution in [-0.2, 0) is 9.05 Å². The molecule has 0 aliphatic heterocycles. The third kappa shape index (κ3) is 4.02. The van der Waals surface area contributed by atoms with Crippen molar-refractivity contribution in [2.45, 2.75) is 37.7 Å². The Hall–Kier alpha value is 0.0300. The highest BCUT2D eigenvalue weighted by Gasteiger charge is 2.22. The van der Waals surface area contributed by atoms with Crippen molar-refractivity contribution < 1.29 is 13.2 Å². The Kier molecular flexibility index (Phi) is 5.77. The van der Waals surface area contributed by atoms with Crippen LogP contribution in [0.15, 0.2) is 21.5 Å². The highest BCUT2D eigenvalue weighted by Crippen LogP contribution is 2.38.